The van der Waals surface area contributed by atoms with E-state index in [2.05, 4.69) is 48.3 Å². The van der Waals surface area contributed by atoms with E-state index in [1.165, 1.54) is 11.1 Å². The Morgan fingerprint density at radius 1 is 1.22 bits per heavy atom. The number of hydrogen-bond donors (Lipinski definition) is 1. The highest BCUT2D eigenvalue weighted by Gasteiger charge is 2.25. The van der Waals surface area contributed by atoms with Gasteiger partial charge in [-0.3, -0.25) is 9.69 Å². The minimum Gasteiger partial charge on any atom is -0.496 e. The molecule has 4 nitrogen and oxygen atoms in total. The molecule has 1 atom stereocenters. The van der Waals surface area contributed by atoms with Crippen LogP contribution in [0.15, 0.2) is 47.4 Å². The Morgan fingerprint density at radius 2 is 2.00 bits per heavy atom. The molecule has 2 aromatic rings. The quantitative estimate of drug-likeness (QED) is 0.733. The summed E-state index contributed by atoms with van der Waals surface area (Å²) in [6.07, 6.45) is 0.965. The second-order valence-electron chi connectivity index (χ2n) is 6.69. The maximum Gasteiger partial charge on any atom is 0.255 e. The molecular weight excluding hydrogens is 356 g/mol. The molecular formula is C22H28N2O2S. The Bertz CT molecular complexity index is 794. The molecule has 0 aromatic heterocycles. The molecule has 0 saturated carbocycles. The van der Waals surface area contributed by atoms with Gasteiger partial charge in [0.2, 0.25) is 0 Å². The molecule has 1 aliphatic rings. The van der Waals surface area contributed by atoms with E-state index >= 15 is 0 Å². The normalized spacial score (nSPS) is 16.6. The van der Waals surface area contributed by atoms with Crippen molar-refractivity contribution in [1.82, 2.24) is 10.2 Å². The molecule has 0 fully saturated rings. The van der Waals surface area contributed by atoms with Crippen molar-refractivity contribution in [1.29, 1.82) is 0 Å². The first-order valence-corrected chi connectivity index (χ1v) is 10.5. The van der Waals surface area contributed by atoms with E-state index in [0.717, 1.165) is 30.2 Å². The van der Waals surface area contributed by atoms with Crippen molar-refractivity contribution in [3.05, 3.63) is 59.2 Å². The third-order valence-corrected chi connectivity index (χ3v) is 5.97. The summed E-state index contributed by atoms with van der Waals surface area (Å²) in [5.74, 6) is 1.52. The monoisotopic (exact) mass is 384 g/mol. The molecule has 0 radical (unpaired) electrons. The average molecular weight is 385 g/mol. The van der Waals surface area contributed by atoms with Crippen LogP contribution >= 0.6 is 11.8 Å². The standard InChI is InChI=1S/C22H28N2O2S/c1-4-24-15-17-9-7-6-8-16(17)12-18(24)14-23-22(25)20-13-19(27-5-2)10-11-21(20)26-3/h6-11,13,18H,4-5,12,14-15H2,1-3H3,(H,23,25)/t18-/m0/s1. The fraction of sp³-hybridized carbons (Fsp3) is 0.409. The van der Waals surface area contributed by atoms with Gasteiger partial charge in [-0.1, -0.05) is 38.1 Å². The number of amides is 1. The fourth-order valence-electron chi connectivity index (χ4n) is 3.64. The van der Waals surface area contributed by atoms with Crippen molar-refractivity contribution in [2.75, 3.05) is 26.0 Å². The van der Waals surface area contributed by atoms with E-state index in [1.54, 1.807) is 18.9 Å². The summed E-state index contributed by atoms with van der Waals surface area (Å²) in [4.78, 5) is 16.4. The molecule has 1 aliphatic heterocycles. The second-order valence-corrected chi connectivity index (χ2v) is 8.03. The predicted molar refractivity (Wildman–Crippen MR) is 112 cm³/mol. The zero-order chi connectivity index (χ0) is 19.2. The summed E-state index contributed by atoms with van der Waals surface area (Å²) >= 11 is 1.72. The van der Waals surface area contributed by atoms with Gasteiger partial charge in [0.25, 0.3) is 5.91 Å². The van der Waals surface area contributed by atoms with E-state index < -0.39 is 0 Å². The minimum absolute atomic E-state index is 0.0692. The van der Waals surface area contributed by atoms with Crippen molar-refractivity contribution in [3.63, 3.8) is 0 Å². The topological polar surface area (TPSA) is 41.6 Å². The molecule has 0 unspecified atom stereocenters. The molecule has 0 bridgehead atoms. The molecule has 144 valence electrons. The van der Waals surface area contributed by atoms with Gasteiger partial charge in [0, 0.05) is 24.0 Å². The molecule has 1 heterocycles. The molecule has 0 aliphatic carbocycles. The number of methoxy groups -OCH3 is 1. The van der Waals surface area contributed by atoms with Crippen molar-refractivity contribution < 1.29 is 9.53 Å². The summed E-state index contributed by atoms with van der Waals surface area (Å²) in [7, 11) is 1.61. The first-order chi connectivity index (χ1) is 13.2. The lowest BCUT2D eigenvalue weighted by Crippen LogP contribution is -2.47. The molecule has 5 heteroatoms. The predicted octanol–water partition coefficient (Wildman–Crippen LogP) is 3.98. The third kappa shape index (κ3) is 4.66. The van der Waals surface area contributed by atoms with Crippen LogP contribution in [0.3, 0.4) is 0 Å². The Morgan fingerprint density at radius 3 is 2.70 bits per heavy atom. The Labute approximate surface area is 166 Å². The average Bonchev–Trinajstić information content (AvgIpc) is 2.71. The lowest BCUT2D eigenvalue weighted by molar-refractivity contribution is 0.0924. The first-order valence-electron chi connectivity index (χ1n) is 9.56. The number of carbonyl (C=O) groups is 1. The SMILES string of the molecule is CCSc1ccc(OC)c(C(=O)NC[C@@H]2Cc3ccccc3CN2CC)c1. The fourth-order valence-corrected chi connectivity index (χ4v) is 4.34. The van der Waals surface area contributed by atoms with Crippen LogP contribution in [0.25, 0.3) is 0 Å². The molecule has 3 rings (SSSR count). The summed E-state index contributed by atoms with van der Waals surface area (Å²) in [6, 6.07) is 14.7. The Hall–Kier alpha value is -1.98. The van der Waals surface area contributed by atoms with Gasteiger partial charge >= 0.3 is 0 Å². The number of nitrogens with zero attached hydrogens (tertiary/aromatic N) is 1. The number of rotatable bonds is 7. The van der Waals surface area contributed by atoms with Crippen molar-refractivity contribution in [2.45, 2.75) is 37.8 Å². The zero-order valence-corrected chi connectivity index (χ0v) is 17.1. The van der Waals surface area contributed by atoms with Crippen LogP contribution in [0.5, 0.6) is 5.75 Å². The van der Waals surface area contributed by atoms with Crippen molar-refractivity contribution in [2.24, 2.45) is 0 Å². The highest BCUT2D eigenvalue weighted by Crippen LogP contribution is 2.26. The number of benzene rings is 2. The largest absolute Gasteiger partial charge is 0.496 e. The second kappa shape index (κ2) is 9.29. The number of carbonyl (C=O) groups excluding carboxylic acids is 1. The number of likely N-dealkylation sites (N-methyl/N-ethyl adjacent to an activating group) is 1. The van der Waals surface area contributed by atoms with Crippen LogP contribution < -0.4 is 10.1 Å². The smallest absolute Gasteiger partial charge is 0.255 e. The van der Waals surface area contributed by atoms with Crippen LogP contribution in [0.4, 0.5) is 0 Å². The highest BCUT2D eigenvalue weighted by molar-refractivity contribution is 7.99. The summed E-state index contributed by atoms with van der Waals surface area (Å²) in [5.41, 5.74) is 3.39. The van der Waals surface area contributed by atoms with Gasteiger partial charge in [0.15, 0.2) is 0 Å². The van der Waals surface area contributed by atoms with E-state index in [4.69, 9.17) is 4.74 Å². The first kappa shape index (κ1) is 19.8. The van der Waals surface area contributed by atoms with Gasteiger partial charge < -0.3 is 10.1 Å². The molecule has 0 saturated heterocycles. The van der Waals surface area contributed by atoms with Crippen molar-refractivity contribution in [3.8, 4) is 5.75 Å². The van der Waals surface area contributed by atoms with Gasteiger partial charge in [-0.05, 0) is 48.0 Å². The highest BCUT2D eigenvalue weighted by atomic mass is 32.2. The number of ether oxygens (including phenoxy) is 1. The van der Waals surface area contributed by atoms with Gasteiger partial charge in [0.1, 0.15) is 5.75 Å². The van der Waals surface area contributed by atoms with Crippen LogP contribution in [-0.2, 0) is 13.0 Å². The minimum atomic E-state index is -0.0692. The summed E-state index contributed by atoms with van der Waals surface area (Å²) in [5, 5.41) is 3.14. The Kier molecular flexibility index (Phi) is 6.80. The summed E-state index contributed by atoms with van der Waals surface area (Å²) in [6.45, 7) is 6.83. The van der Waals surface area contributed by atoms with Crippen LogP contribution in [0.2, 0.25) is 0 Å². The lowest BCUT2D eigenvalue weighted by atomic mass is 9.94. The van der Waals surface area contributed by atoms with Gasteiger partial charge in [-0.25, -0.2) is 0 Å². The van der Waals surface area contributed by atoms with Crippen molar-refractivity contribution >= 4 is 17.7 Å². The van der Waals surface area contributed by atoms with E-state index in [9.17, 15) is 4.79 Å². The van der Waals surface area contributed by atoms with E-state index in [-0.39, 0.29) is 5.91 Å². The van der Waals surface area contributed by atoms with E-state index in [1.807, 2.05) is 18.2 Å². The molecule has 1 amide bonds. The zero-order valence-electron chi connectivity index (χ0n) is 16.3. The third-order valence-electron chi connectivity index (χ3n) is 5.09. The van der Waals surface area contributed by atoms with E-state index in [0.29, 0.717) is 23.9 Å². The molecule has 27 heavy (non-hydrogen) atoms. The molecule has 2 aromatic carbocycles. The summed E-state index contributed by atoms with van der Waals surface area (Å²) < 4.78 is 5.40. The van der Waals surface area contributed by atoms with Crippen LogP contribution in [0, 0.1) is 0 Å². The Balaban J connectivity index is 1.71. The number of nitrogens with one attached hydrogen (secondary N) is 1. The van der Waals surface area contributed by atoms with Crippen LogP contribution in [0.1, 0.15) is 35.3 Å². The maximum absolute atomic E-state index is 12.8. The molecule has 0 spiro atoms. The number of fused-ring (bicyclic) bond motifs is 1. The van der Waals surface area contributed by atoms with Gasteiger partial charge in [0.05, 0.1) is 12.7 Å². The maximum atomic E-state index is 12.8. The number of hydrogen-bond acceptors (Lipinski definition) is 4. The molecule has 1 N–H and O–H groups in total. The number of thioether (sulfide) groups is 1. The van der Waals surface area contributed by atoms with Crippen LogP contribution in [-0.4, -0.2) is 42.8 Å². The van der Waals surface area contributed by atoms with Gasteiger partial charge in [-0.2, -0.15) is 0 Å². The lowest BCUT2D eigenvalue weighted by Gasteiger charge is -2.36. The van der Waals surface area contributed by atoms with Gasteiger partial charge in [-0.15, -0.1) is 11.8 Å².